The zero-order valence-corrected chi connectivity index (χ0v) is 18.3. The van der Waals surface area contributed by atoms with Gasteiger partial charge in [0.2, 0.25) is 0 Å². The van der Waals surface area contributed by atoms with Gasteiger partial charge in [0.25, 0.3) is 5.91 Å². The molecule has 0 saturated heterocycles. The van der Waals surface area contributed by atoms with Crippen molar-refractivity contribution >= 4 is 22.5 Å². The molecule has 1 aliphatic carbocycles. The van der Waals surface area contributed by atoms with E-state index in [4.69, 9.17) is 4.84 Å². The second-order valence-electron chi connectivity index (χ2n) is 8.64. The van der Waals surface area contributed by atoms with Gasteiger partial charge < -0.3 is 10.2 Å². The van der Waals surface area contributed by atoms with Crippen molar-refractivity contribution < 1.29 is 9.63 Å². The Labute approximate surface area is 187 Å². The maximum absolute atomic E-state index is 12.9. The molecule has 0 bridgehead atoms. The summed E-state index contributed by atoms with van der Waals surface area (Å²) in [6, 6.07) is 11.6. The Balaban J connectivity index is 1.29. The third-order valence-corrected chi connectivity index (χ3v) is 6.41. The Morgan fingerprint density at radius 2 is 1.97 bits per heavy atom. The van der Waals surface area contributed by atoms with Gasteiger partial charge in [-0.25, -0.2) is 9.97 Å². The SMILES string of the molecule is Cc1nc(C(=O)NCc2ccnc3ccccc23)cc(C2=NOC(C3CCCCC3)C2)n1. The first kappa shape index (κ1) is 20.5. The number of para-hydroxylation sites is 1. The smallest absolute Gasteiger partial charge is 0.270 e. The Hall–Kier alpha value is -3.35. The zero-order valence-electron chi connectivity index (χ0n) is 18.3. The molecule has 1 aliphatic heterocycles. The number of hydrogen-bond donors (Lipinski definition) is 1. The average molecular weight is 430 g/mol. The topological polar surface area (TPSA) is 89.4 Å². The lowest BCUT2D eigenvalue weighted by Gasteiger charge is -2.25. The molecule has 3 heterocycles. The van der Waals surface area contributed by atoms with Gasteiger partial charge in [-0.1, -0.05) is 42.6 Å². The van der Waals surface area contributed by atoms with Crippen LogP contribution >= 0.6 is 0 Å². The van der Waals surface area contributed by atoms with E-state index in [2.05, 4.69) is 25.4 Å². The quantitative estimate of drug-likeness (QED) is 0.652. The molecule has 1 amide bonds. The summed E-state index contributed by atoms with van der Waals surface area (Å²) in [7, 11) is 0. The van der Waals surface area contributed by atoms with Crippen LogP contribution in [0.3, 0.4) is 0 Å². The van der Waals surface area contributed by atoms with Gasteiger partial charge in [0.1, 0.15) is 23.3 Å². The van der Waals surface area contributed by atoms with Crippen molar-refractivity contribution in [1.29, 1.82) is 0 Å². The molecule has 0 radical (unpaired) electrons. The van der Waals surface area contributed by atoms with Crippen molar-refractivity contribution in [2.45, 2.75) is 58.1 Å². The zero-order chi connectivity index (χ0) is 21.9. The highest BCUT2D eigenvalue weighted by atomic mass is 16.6. The highest BCUT2D eigenvalue weighted by Gasteiger charge is 2.32. The number of fused-ring (bicyclic) bond motifs is 1. The maximum Gasteiger partial charge on any atom is 0.270 e. The van der Waals surface area contributed by atoms with Crippen molar-refractivity contribution in [2.75, 3.05) is 0 Å². The molecule has 2 aliphatic rings. The third kappa shape index (κ3) is 4.33. The van der Waals surface area contributed by atoms with Gasteiger partial charge in [-0.15, -0.1) is 0 Å². The van der Waals surface area contributed by atoms with Crippen LogP contribution in [0, 0.1) is 12.8 Å². The van der Waals surface area contributed by atoms with Crippen molar-refractivity contribution in [1.82, 2.24) is 20.3 Å². The molecule has 3 aromatic rings. The Kier molecular flexibility index (Phi) is 5.79. The van der Waals surface area contributed by atoms with Crippen LogP contribution in [-0.4, -0.2) is 32.7 Å². The number of amides is 1. The number of hydrogen-bond acceptors (Lipinski definition) is 6. The molecule has 1 N–H and O–H groups in total. The fourth-order valence-electron chi connectivity index (χ4n) is 4.71. The van der Waals surface area contributed by atoms with Gasteiger partial charge in [-0.2, -0.15) is 0 Å². The van der Waals surface area contributed by atoms with Crippen molar-refractivity contribution in [3.05, 3.63) is 65.4 Å². The summed E-state index contributed by atoms with van der Waals surface area (Å²) in [6.45, 7) is 2.19. The van der Waals surface area contributed by atoms with E-state index in [0.29, 0.717) is 29.7 Å². The number of nitrogens with zero attached hydrogens (tertiary/aromatic N) is 4. The molecule has 1 fully saturated rings. The number of aromatic nitrogens is 3. The lowest BCUT2D eigenvalue weighted by Crippen LogP contribution is -2.25. The van der Waals surface area contributed by atoms with E-state index in [-0.39, 0.29) is 12.0 Å². The van der Waals surface area contributed by atoms with Crippen LogP contribution in [-0.2, 0) is 11.4 Å². The summed E-state index contributed by atoms with van der Waals surface area (Å²) >= 11 is 0. The minimum atomic E-state index is -0.235. The van der Waals surface area contributed by atoms with Gasteiger partial charge in [0, 0.05) is 24.5 Å². The Morgan fingerprint density at radius 3 is 2.84 bits per heavy atom. The van der Waals surface area contributed by atoms with E-state index in [1.54, 1.807) is 19.2 Å². The summed E-state index contributed by atoms with van der Waals surface area (Å²) < 4.78 is 0. The molecular weight excluding hydrogens is 402 g/mol. The maximum atomic E-state index is 12.9. The molecule has 7 nitrogen and oxygen atoms in total. The minimum Gasteiger partial charge on any atom is -0.391 e. The Bertz CT molecular complexity index is 1160. The van der Waals surface area contributed by atoms with Gasteiger partial charge >= 0.3 is 0 Å². The number of aryl methyl sites for hydroxylation is 1. The molecule has 1 saturated carbocycles. The average Bonchev–Trinajstić information content (AvgIpc) is 3.33. The molecule has 1 aromatic carbocycles. The van der Waals surface area contributed by atoms with E-state index in [1.165, 1.54) is 32.1 Å². The standard InChI is InChI=1S/C25H27N5O2/c1-16-28-21(22-14-24(32-30-22)17-7-3-2-4-8-17)13-23(29-16)25(31)27-15-18-11-12-26-20-10-6-5-9-19(18)20/h5-6,9-13,17,24H,2-4,7-8,14-15H2,1H3,(H,27,31). The van der Waals surface area contributed by atoms with Crippen LogP contribution in [0.1, 0.15) is 66.1 Å². The minimum absolute atomic E-state index is 0.123. The van der Waals surface area contributed by atoms with Gasteiger partial charge in [-0.05, 0) is 49.4 Å². The first-order valence-corrected chi connectivity index (χ1v) is 11.4. The van der Waals surface area contributed by atoms with Crippen LogP contribution in [0.15, 0.2) is 47.8 Å². The largest absolute Gasteiger partial charge is 0.391 e. The Morgan fingerprint density at radius 1 is 1.12 bits per heavy atom. The highest BCUT2D eigenvalue weighted by Crippen LogP contribution is 2.32. The number of nitrogens with one attached hydrogen (secondary N) is 1. The normalized spacial score (nSPS) is 18.9. The fourth-order valence-corrected chi connectivity index (χ4v) is 4.71. The van der Waals surface area contributed by atoms with Gasteiger partial charge in [0.05, 0.1) is 11.2 Å². The number of pyridine rings is 1. The van der Waals surface area contributed by atoms with Gasteiger partial charge in [0.15, 0.2) is 0 Å². The third-order valence-electron chi connectivity index (χ3n) is 6.41. The lowest BCUT2D eigenvalue weighted by atomic mass is 9.83. The van der Waals surface area contributed by atoms with Crippen molar-refractivity contribution in [3.8, 4) is 0 Å². The van der Waals surface area contributed by atoms with E-state index < -0.39 is 0 Å². The number of rotatable bonds is 5. The monoisotopic (exact) mass is 429 g/mol. The highest BCUT2D eigenvalue weighted by molar-refractivity contribution is 6.02. The second-order valence-corrected chi connectivity index (χ2v) is 8.64. The molecule has 5 rings (SSSR count). The molecule has 7 heteroatoms. The fraction of sp³-hybridized carbons (Fsp3) is 0.400. The summed E-state index contributed by atoms with van der Waals surface area (Å²) in [6.07, 6.45) is 8.88. The molecular formula is C25H27N5O2. The second kappa shape index (κ2) is 9.02. The number of benzene rings is 1. The van der Waals surface area contributed by atoms with Crippen LogP contribution < -0.4 is 5.32 Å². The van der Waals surface area contributed by atoms with E-state index >= 15 is 0 Å². The summed E-state index contributed by atoms with van der Waals surface area (Å²) in [5, 5.41) is 8.33. The molecule has 1 atom stereocenters. The molecule has 0 spiro atoms. The van der Waals surface area contributed by atoms with Crippen LogP contribution in [0.5, 0.6) is 0 Å². The predicted octanol–water partition coefficient (Wildman–Crippen LogP) is 4.34. The summed E-state index contributed by atoms with van der Waals surface area (Å²) in [5.74, 6) is 0.873. The first-order valence-electron chi connectivity index (χ1n) is 11.4. The number of oxime groups is 1. The van der Waals surface area contributed by atoms with Crippen LogP contribution in [0.2, 0.25) is 0 Å². The van der Waals surface area contributed by atoms with Gasteiger partial charge in [-0.3, -0.25) is 9.78 Å². The van der Waals surface area contributed by atoms with Crippen molar-refractivity contribution in [2.24, 2.45) is 11.1 Å². The van der Waals surface area contributed by atoms with E-state index in [0.717, 1.165) is 28.6 Å². The van der Waals surface area contributed by atoms with E-state index in [9.17, 15) is 4.79 Å². The lowest BCUT2D eigenvalue weighted by molar-refractivity contribution is 0.0268. The summed E-state index contributed by atoms with van der Waals surface area (Å²) in [4.78, 5) is 31.9. The summed E-state index contributed by atoms with van der Waals surface area (Å²) in [5.41, 5.74) is 3.75. The van der Waals surface area contributed by atoms with Crippen LogP contribution in [0.25, 0.3) is 10.9 Å². The molecule has 164 valence electrons. The molecule has 32 heavy (non-hydrogen) atoms. The van der Waals surface area contributed by atoms with E-state index in [1.807, 2.05) is 30.3 Å². The van der Waals surface area contributed by atoms with Crippen LogP contribution in [0.4, 0.5) is 0 Å². The first-order chi connectivity index (χ1) is 15.7. The molecule has 1 unspecified atom stereocenters. The van der Waals surface area contributed by atoms with Crippen molar-refractivity contribution in [3.63, 3.8) is 0 Å². The number of carbonyl (C=O) groups excluding carboxylic acids is 1. The predicted molar refractivity (Wildman–Crippen MR) is 122 cm³/mol. The number of carbonyl (C=O) groups is 1. The molecule has 2 aromatic heterocycles.